The van der Waals surface area contributed by atoms with E-state index in [0.29, 0.717) is 16.5 Å². The molecule has 0 radical (unpaired) electrons. The van der Waals surface area contributed by atoms with Crippen LogP contribution in [0.15, 0.2) is 12.1 Å². The molecule has 1 aliphatic heterocycles. The third-order valence-corrected chi connectivity index (χ3v) is 5.04. The number of nitrogens with zero attached hydrogens (tertiary/aromatic N) is 2. The highest BCUT2D eigenvalue weighted by Crippen LogP contribution is 2.26. The monoisotopic (exact) mass is 308 g/mol. The van der Waals surface area contributed by atoms with Crippen molar-refractivity contribution in [2.24, 2.45) is 0 Å². The quantitative estimate of drug-likeness (QED) is 0.780. The minimum atomic E-state index is -3.74. The molecule has 0 saturated carbocycles. The zero-order chi connectivity index (χ0) is 13.5. The number of hydrogen-bond donors (Lipinski definition) is 0. The smallest absolute Gasteiger partial charge is 0.237 e. The van der Waals surface area contributed by atoms with Gasteiger partial charge < -0.3 is 0 Å². The molecular formula is C10H10Cl2N2O3S. The van der Waals surface area contributed by atoms with Gasteiger partial charge in [-0.15, -0.1) is 0 Å². The third-order valence-electron chi connectivity index (χ3n) is 2.77. The van der Waals surface area contributed by atoms with Crippen LogP contribution in [0.5, 0.6) is 0 Å². The van der Waals surface area contributed by atoms with Gasteiger partial charge in [0, 0.05) is 23.6 Å². The summed E-state index contributed by atoms with van der Waals surface area (Å²) >= 11 is 5.84. The lowest BCUT2D eigenvalue weighted by molar-refractivity contribution is -0.117. The number of anilines is 1. The third kappa shape index (κ3) is 2.60. The fourth-order valence-corrected chi connectivity index (χ4v) is 2.90. The van der Waals surface area contributed by atoms with Crippen molar-refractivity contribution >= 4 is 43.1 Å². The Kier molecular flexibility index (Phi) is 3.53. The SMILES string of the molecule is Cc1nc(N2CC(S(=O)(=O)Cl)CC2=O)ccc1Cl. The predicted molar refractivity (Wildman–Crippen MR) is 69.5 cm³/mol. The molecule has 1 saturated heterocycles. The lowest BCUT2D eigenvalue weighted by atomic mass is 10.3. The number of amides is 1. The average Bonchev–Trinajstić information content (AvgIpc) is 2.64. The number of halogens is 2. The normalized spacial score (nSPS) is 20.5. The van der Waals surface area contributed by atoms with Crippen molar-refractivity contribution in [3.05, 3.63) is 22.8 Å². The molecule has 0 spiro atoms. The van der Waals surface area contributed by atoms with Crippen molar-refractivity contribution in [1.82, 2.24) is 4.98 Å². The van der Waals surface area contributed by atoms with Gasteiger partial charge in [0.25, 0.3) is 0 Å². The van der Waals surface area contributed by atoms with Gasteiger partial charge in [0.05, 0.1) is 10.7 Å². The molecule has 5 nitrogen and oxygen atoms in total. The maximum Gasteiger partial charge on any atom is 0.237 e. The molecule has 1 aromatic heterocycles. The number of carbonyl (C=O) groups is 1. The number of rotatable bonds is 2. The van der Waals surface area contributed by atoms with Gasteiger partial charge in [-0.1, -0.05) is 11.6 Å². The van der Waals surface area contributed by atoms with Crippen LogP contribution in [-0.4, -0.2) is 31.1 Å². The minimum absolute atomic E-state index is 0.0265. The first-order valence-corrected chi connectivity index (χ1v) is 7.91. The molecule has 2 heterocycles. The Morgan fingerprint density at radius 2 is 2.11 bits per heavy atom. The van der Waals surface area contributed by atoms with E-state index in [9.17, 15) is 13.2 Å². The first-order chi connectivity index (χ1) is 8.29. The van der Waals surface area contributed by atoms with E-state index in [2.05, 4.69) is 4.98 Å². The first-order valence-electron chi connectivity index (χ1n) is 5.16. The van der Waals surface area contributed by atoms with E-state index < -0.39 is 14.3 Å². The molecule has 1 atom stereocenters. The number of aryl methyl sites for hydroxylation is 1. The van der Waals surface area contributed by atoms with E-state index in [1.165, 1.54) is 4.90 Å². The van der Waals surface area contributed by atoms with Gasteiger partial charge in [0.15, 0.2) is 0 Å². The van der Waals surface area contributed by atoms with Crippen LogP contribution in [0, 0.1) is 6.92 Å². The van der Waals surface area contributed by atoms with Crippen molar-refractivity contribution in [3.8, 4) is 0 Å². The summed E-state index contributed by atoms with van der Waals surface area (Å²) in [6.07, 6.45) is -0.116. The summed E-state index contributed by atoms with van der Waals surface area (Å²) in [5.74, 6) is 0.0863. The second kappa shape index (κ2) is 4.68. The molecule has 2 rings (SSSR count). The summed E-state index contributed by atoms with van der Waals surface area (Å²) in [5.41, 5.74) is 0.583. The molecule has 0 N–H and O–H groups in total. The van der Waals surface area contributed by atoms with Crippen molar-refractivity contribution in [1.29, 1.82) is 0 Å². The van der Waals surface area contributed by atoms with Gasteiger partial charge in [0.2, 0.25) is 15.0 Å². The van der Waals surface area contributed by atoms with Gasteiger partial charge in [-0.25, -0.2) is 13.4 Å². The van der Waals surface area contributed by atoms with Gasteiger partial charge >= 0.3 is 0 Å². The highest BCUT2D eigenvalue weighted by Gasteiger charge is 2.38. The summed E-state index contributed by atoms with van der Waals surface area (Å²) in [6.45, 7) is 1.74. The molecule has 18 heavy (non-hydrogen) atoms. The fraction of sp³-hybridized carbons (Fsp3) is 0.400. The van der Waals surface area contributed by atoms with Crippen LogP contribution in [0.3, 0.4) is 0 Å². The van der Waals surface area contributed by atoms with Crippen molar-refractivity contribution in [3.63, 3.8) is 0 Å². The zero-order valence-electron chi connectivity index (χ0n) is 9.43. The van der Waals surface area contributed by atoms with Crippen LogP contribution in [0.2, 0.25) is 5.02 Å². The molecule has 0 aliphatic carbocycles. The molecule has 1 aromatic rings. The molecule has 0 aromatic carbocycles. The van der Waals surface area contributed by atoms with Crippen LogP contribution >= 0.6 is 22.3 Å². The van der Waals surface area contributed by atoms with Crippen LogP contribution < -0.4 is 4.90 Å². The Morgan fingerprint density at radius 1 is 1.44 bits per heavy atom. The summed E-state index contributed by atoms with van der Waals surface area (Å²) < 4.78 is 22.4. The molecule has 0 bridgehead atoms. The Labute approximate surface area is 114 Å². The molecule has 98 valence electrons. The number of carbonyl (C=O) groups excluding carboxylic acids is 1. The van der Waals surface area contributed by atoms with Gasteiger partial charge in [-0.05, 0) is 19.1 Å². The Morgan fingerprint density at radius 3 is 2.61 bits per heavy atom. The second-order valence-corrected chi connectivity index (χ2v) is 7.36. The summed E-state index contributed by atoms with van der Waals surface area (Å²) in [6, 6.07) is 3.20. The number of pyridine rings is 1. The molecule has 1 aliphatic rings. The van der Waals surface area contributed by atoms with E-state index in [4.69, 9.17) is 22.3 Å². The maximum atomic E-state index is 11.8. The molecular weight excluding hydrogens is 299 g/mol. The Hall–Kier alpha value is -0.850. The van der Waals surface area contributed by atoms with Crippen molar-refractivity contribution in [2.75, 3.05) is 11.4 Å². The van der Waals surface area contributed by atoms with Crippen molar-refractivity contribution in [2.45, 2.75) is 18.6 Å². The lowest BCUT2D eigenvalue weighted by Crippen LogP contribution is -2.27. The predicted octanol–water partition coefficient (Wildman–Crippen LogP) is 1.72. The Balaban J connectivity index is 2.30. The van der Waals surface area contributed by atoms with E-state index >= 15 is 0 Å². The highest BCUT2D eigenvalue weighted by molar-refractivity contribution is 8.14. The average molecular weight is 309 g/mol. The van der Waals surface area contributed by atoms with Crippen LogP contribution in [0.1, 0.15) is 12.1 Å². The number of aromatic nitrogens is 1. The summed E-state index contributed by atoms with van der Waals surface area (Å²) in [7, 11) is 1.53. The summed E-state index contributed by atoms with van der Waals surface area (Å²) in [5, 5.41) is -0.392. The standard InChI is InChI=1S/C10H10Cl2N2O3S/c1-6-8(11)2-3-9(13-6)14-5-7(4-10(14)15)18(12,16)17/h2-3,7H,4-5H2,1H3. The van der Waals surface area contributed by atoms with E-state index in [-0.39, 0.29) is 18.9 Å². The lowest BCUT2D eigenvalue weighted by Gasteiger charge is -2.15. The van der Waals surface area contributed by atoms with Crippen LogP contribution in [0.25, 0.3) is 0 Å². The zero-order valence-corrected chi connectivity index (χ0v) is 11.8. The number of hydrogen-bond acceptors (Lipinski definition) is 4. The topological polar surface area (TPSA) is 67.3 Å². The molecule has 1 fully saturated rings. The molecule has 1 amide bonds. The van der Waals surface area contributed by atoms with E-state index in [1.807, 2.05) is 0 Å². The highest BCUT2D eigenvalue weighted by atomic mass is 35.7. The van der Waals surface area contributed by atoms with E-state index in [1.54, 1.807) is 19.1 Å². The molecule has 8 heteroatoms. The van der Waals surface area contributed by atoms with Gasteiger partial charge in [0.1, 0.15) is 11.1 Å². The van der Waals surface area contributed by atoms with Crippen LogP contribution in [-0.2, 0) is 13.8 Å². The fourth-order valence-electron chi connectivity index (χ4n) is 1.77. The van der Waals surface area contributed by atoms with Crippen molar-refractivity contribution < 1.29 is 13.2 Å². The largest absolute Gasteiger partial charge is 0.295 e. The summed E-state index contributed by atoms with van der Waals surface area (Å²) in [4.78, 5) is 17.2. The minimum Gasteiger partial charge on any atom is -0.295 e. The second-order valence-electron chi connectivity index (χ2n) is 4.04. The van der Waals surface area contributed by atoms with Gasteiger partial charge in [-0.2, -0.15) is 0 Å². The Bertz CT molecular complexity index is 603. The van der Waals surface area contributed by atoms with Crippen LogP contribution in [0.4, 0.5) is 5.82 Å². The first kappa shape index (κ1) is 13.6. The maximum absolute atomic E-state index is 11.8. The van der Waals surface area contributed by atoms with Gasteiger partial charge in [-0.3, -0.25) is 9.69 Å². The van der Waals surface area contributed by atoms with E-state index in [0.717, 1.165) is 0 Å². The molecule has 1 unspecified atom stereocenters.